The van der Waals surface area contributed by atoms with E-state index in [1.807, 2.05) is 25.1 Å². The van der Waals surface area contributed by atoms with E-state index >= 15 is 0 Å². The molecule has 0 spiro atoms. The first-order valence-electron chi connectivity index (χ1n) is 9.25. The zero-order valence-corrected chi connectivity index (χ0v) is 18.8. The number of hydrogen-bond donors (Lipinski definition) is 2. The lowest BCUT2D eigenvalue weighted by atomic mass is 10.2. The van der Waals surface area contributed by atoms with E-state index in [2.05, 4.69) is 47.5 Å². The quantitative estimate of drug-likeness (QED) is 0.359. The largest absolute Gasteiger partial charge is 0.494 e. The van der Waals surface area contributed by atoms with Crippen LogP contribution < -0.4 is 15.4 Å². The van der Waals surface area contributed by atoms with Crippen molar-refractivity contribution in [3.63, 3.8) is 0 Å². The van der Waals surface area contributed by atoms with Crippen LogP contribution in [0.15, 0.2) is 29.3 Å². The molecule has 1 saturated heterocycles. The number of piperazine rings is 1. The summed E-state index contributed by atoms with van der Waals surface area (Å²) in [5.74, 6) is 1.77. The molecule has 1 atom stereocenters. The van der Waals surface area contributed by atoms with Crippen molar-refractivity contribution < 1.29 is 4.74 Å². The minimum atomic E-state index is 0. The standard InChI is InChI=1S/C19H33N5O.HI/c1-5-20-19(22-14-17-15-23(3)11-12-24(17)4)21-13-16-9-7-8-10-18(16)25-6-2;/h7-10,17H,5-6,11-15H2,1-4H3,(H2,20,21,22);1H. The van der Waals surface area contributed by atoms with Crippen molar-refractivity contribution in [3.8, 4) is 5.75 Å². The fraction of sp³-hybridized carbons (Fsp3) is 0.632. The topological polar surface area (TPSA) is 52.1 Å². The molecule has 2 rings (SSSR count). The molecule has 1 heterocycles. The SMILES string of the molecule is CCNC(=NCc1ccccc1OCC)NCC1CN(C)CCN1C.I. The van der Waals surface area contributed by atoms with Crippen LogP contribution in [0.5, 0.6) is 5.75 Å². The Morgan fingerprint density at radius 3 is 2.69 bits per heavy atom. The van der Waals surface area contributed by atoms with Gasteiger partial charge in [-0.25, -0.2) is 4.99 Å². The zero-order valence-electron chi connectivity index (χ0n) is 16.5. The minimum Gasteiger partial charge on any atom is -0.494 e. The van der Waals surface area contributed by atoms with E-state index in [1.165, 1.54) is 0 Å². The minimum absolute atomic E-state index is 0. The molecule has 0 amide bonds. The Hall–Kier alpha value is -1.06. The summed E-state index contributed by atoms with van der Waals surface area (Å²) < 4.78 is 5.69. The maximum atomic E-state index is 5.69. The van der Waals surface area contributed by atoms with E-state index in [4.69, 9.17) is 9.73 Å². The summed E-state index contributed by atoms with van der Waals surface area (Å²) in [5, 5.41) is 6.83. The first-order chi connectivity index (χ1) is 12.1. The first-order valence-corrected chi connectivity index (χ1v) is 9.25. The average Bonchev–Trinajstić information content (AvgIpc) is 2.61. The fourth-order valence-electron chi connectivity index (χ4n) is 2.97. The van der Waals surface area contributed by atoms with Gasteiger partial charge in [0.05, 0.1) is 13.2 Å². The number of ether oxygens (including phenoxy) is 1. The maximum Gasteiger partial charge on any atom is 0.191 e. The van der Waals surface area contributed by atoms with Crippen molar-refractivity contribution >= 4 is 29.9 Å². The van der Waals surface area contributed by atoms with Gasteiger partial charge >= 0.3 is 0 Å². The Morgan fingerprint density at radius 2 is 1.96 bits per heavy atom. The molecular weight excluding hydrogens is 441 g/mol. The molecular formula is C19H34IN5O. The van der Waals surface area contributed by atoms with Gasteiger partial charge in [0.25, 0.3) is 0 Å². The van der Waals surface area contributed by atoms with E-state index in [0.29, 0.717) is 19.2 Å². The van der Waals surface area contributed by atoms with Gasteiger partial charge in [0.2, 0.25) is 0 Å². The van der Waals surface area contributed by atoms with Crippen LogP contribution in [0.4, 0.5) is 0 Å². The molecule has 1 aromatic rings. The fourth-order valence-corrected chi connectivity index (χ4v) is 2.97. The van der Waals surface area contributed by atoms with Crippen molar-refractivity contribution in [2.75, 3.05) is 53.4 Å². The van der Waals surface area contributed by atoms with Gasteiger partial charge in [-0.2, -0.15) is 0 Å². The number of para-hydroxylation sites is 1. The summed E-state index contributed by atoms with van der Waals surface area (Å²) in [6, 6.07) is 8.60. The van der Waals surface area contributed by atoms with Gasteiger partial charge in [-0.05, 0) is 34.0 Å². The highest BCUT2D eigenvalue weighted by Gasteiger charge is 2.22. The molecule has 0 saturated carbocycles. The monoisotopic (exact) mass is 475 g/mol. The highest BCUT2D eigenvalue weighted by Crippen LogP contribution is 2.18. The number of hydrogen-bond acceptors (Lipinski definition) is 4. The van der Waals surface area contributed by atoms with Gasteiger partial charge in [-0.15, -0.1) is 24.0 Å². The van der Waals surface area contributed by atoms with Gasteiger partial charge in [0, 0.05) is 44.3 Å². The Labute approximate surface area is 175 Å². The Kier molecular flexibility index (Phi) is 10.9. The molecule has 0 radical (unpaired) electrons. The van der Waals surface area contributed by atoms with Crippen LogP contribution in [0.25, 0.3) is 0 Å². The predicted octanol–water partition coefficient (Wildman–Crippen LogP) is 2.00. The second kappa shape index (κ2) is 12.3. The average molecular weight is 475 g/mol. The van der Waals surface area contributed by atoms with Gasteiger partial charge in [-0.1, -0.05) is 18.2 Å². The molecule has 0 bridgehead atoms. The number of rotatable bonds is 7. The lowest BCUT2D eigenvalue weighted by Crippen LogP contribution is -2.55. The van der Waals surface area contributed by atoms with Crippen molar-refractivity contribution in [1.82, 2.24) is 20.4 Å². The van der Waals surface area contributed by atoms with Gasteiger partial charge < -0.3 is 20.3 Å². The normalized spacial score (nSPS) is 18.9. The molecule has 2 N–H and O–H groups in total. The second-order valence-electron chi connectivity index (χ2n) is 6.51. The molecule has 148 valence electrons. The molecule has 0 aromatic heterocycles. The van der Waals surface area contributed by atoms with E-state index < -0.39 is 0 Å². The Bertz CT molecular complexity index is 554. The smallest absolute Gasteiger partial charge is 0.191 e. The lowest BCUT2D eigenvalue weighted by Gasteiger charge is -2.37. The maximum absolute atomic E-state index is 5.69. The van der Waals surface area contributed by atoms with Gasteiger partial charge in [-0.3, -0.25) is 4.90 Å². The Balaban J connectivity index is 0.00000338. The molecule has 1 unspecified atom stereocenters. The number of guanidine groups is 1. The van der Waals surface area contributed by atoms with Gasteiger partial charge in [0.1, 0.15) is 5.75 Å². The third-order valence-corrected chi connectivity index (χ3v) is 4.51. The molecule has 1 fully saturated rings. The summed E-state index contributed by atoms with van der Waals surface area (Å²) in [5.41, 5.74) is 1.11. The summed E-state index contributed by atoms with van der Waals surface area (Å²) in [7, 11) is 4.38. The molecule has 26 heavy (non-hydrogen) atoms. The zero-order chi connectivity index (χ0) is 18.1. The summed E-state index contributed by atoms with van der Waals surface area (Å²) >= 11 is 0. The van der Waals surface area contributed by atoms with E-state index in [0.717, 1.165) is 50.0 Å². The van der Waals surface area contributed by atoms with Crippen molar-refractivity contribution in [2.24, 2.45) is 4.99 Å². The first kappa shape index (κ1) is 23.0. The van der Waals surface area contributed by atoms with Crippen LogP contribution in [0.1, 0.15) is 19.4 Å². The van der Waals surface area contributed by atoms with Crippen LogP contribution in [0, 0.1) is 0 Å². The van der Waals surface area contributed by atoms with E-state index in [9.17, 15) is 0 Å². The number of likely N-dealkylation sites (N-methyl/N-ethyl adjacent to an activating group) is 2. The molecule has 1 aliphatic heterocycles. The van der Waals surface area contributed by atoms with Crippen molar-refractivity contribution in [3.05, 3.63) is 29.8 Å². The molecule has 1 aliphatic rings. The molecule has 7 heteroatoms. The summed E-state index contributed by atoms with van der Waals surface area (Å²) in [6.07, 6.45) is 0. The van der Waals surface area contributed by atoms with E-state index in [1.54, 1.807) is 0 Å². The number of halogens is 1. The number of nitrogens with one attached hydrogen (secondary N) is 2. The second-order valence-corrected chi connectivity index (χ2v) is 6.51. The lowest BCUT2D eigenvalue weighted by molar-refractivity contribution is 0.116. The van der Waals surface area contributed by atoms with Crippen molar-refractivity contribution in [2.45, 2.75) is 26.4 Å². The molecule has 6 nitrogen and oxygen atoms in total. The van der Waals surface area contributed by atoms with E-state index in [-0.39, 0.29) is 24.0 Å². The third-order valence-electron chi connectivity index (χ3n) is 4.51. The number of benzene rings is 1. The Morgan fingerprint density at radius 1 is 1.19 bits per heavy atom. The number of nitrogens with zero attached hydrogens (tertiary/aromatic N) is 3. The predicted molar refractivity (Wildman–Crippen MR) is 120 cm³/mol. The van der Waals surface area contributed by atoms with Gasteiger partial charge in [0.15, 0.2) is 5.96 Å². The van der Waals surface area contributed by atoms with Crippen LogP contribution in [0.3, 0.4) is 0 Å². The summed E-state index contributed by atoms with van der Waals surface area (Å²) in [4.78, 5) is 9.54. The third kappa shape index (κ3) is 7.28. The number of aliphatic imine (C=N–C) groups is 1. The van der Waals surface area contributed by atoms with Crippen molar-refractivity contribution in [1.29, 1.82) is 0 Å². The van der Waals surface area contributed by atoms with Crippen LogP contribution in [-0.2, 0) is 6.54 Å². The van der Waals surface area contributed by atoms with Crippen LogP contribution in [0.2, 0.25) is 0 Å². The molecule has 0 aliphatic carbocycles. The summed E-state index contributed by atoms with van der Waals surface area (Å²) in [6.45, 7) is 10.4. The van der Waals surface area contributed by atoms with Crippen LogP contribution in [-0.4, -0.2) is 75.2 Å². The highest BCUT2D eigenvalue weighted by atomic mass is 127. The highest BCUT2D eigenvalue weighted by molar-refractivity contribution is 14.0. The van der Waals surface area contributed by atoms with Crippen LogP contribution >= 0.6 is 24.0 Å². The molecule has 1 aromatic carbocycles.